The van der Waals surface area contributed by atoms with Crippen LogP contribution in [-0.2, 0) is 11.3 Å². The van der Waals surface area contributed by atoms with Gasteiger partial charge in [0.2, 0.25) is 5.91 Å². The molecule has 138 valence electrons. The maximum Gasteiger partial charge on any atom is 0.262 e. The number of rotatable bonds is 6. The molecule has 0 spiro atoms. The molecule has 8 heteroatoms. The van der Waals surface area contributed by atoms with Gasteiger partial charge in [-0.15, -0.1) is 6.58 Å². The van der Waals surface area contributed by atoms with Crippen molar-refractivity contribution in [1.82, 2.24) is 9.55 Å². The fraction of sp³-hybridized carbons (Fsp3) is 0.105. The number of anilines is 1. The molecule has 0 aliphatic carbocycles. The lowest BCUT2D eigenvalue weighted by Crippen LogP contribution is -2.23. The highest BCUT2D eigenvalue weighted by Crippen LogP contribution is 2.21. The summed E-state index contributed by atoms with van der Waals surface area (Å²) in [5, 5.41) is 3.93. The minimum absolute atomic E-state index is 0.0417. The normalized spacial score (nSPS) is 10.7. The monoisotopic (exact) mass is 403 g/mol. The molecule has 0 radical (unpaired) electrons. The average Bonchev–Trinajstić information content (AvgIpc) is 2.65. The Bertz CT molecular complexity index is 1070. The van der Waals surface area contributed by atoms with E-state index in [2.05, 4.69) is 16.9 Å². The van der Waals surface area contributed by atoms with Crippen LogP contribution in [0.15, 0.2) is 65.1 Å². The van der Waals surface area contributed by atoms with Crippen LogP contribution in [0.3, 0.4) is 0 Å². The van der Waals surface area contributed by atoms with Gasteiger partial charge in [0.1, 0.15) is 5.82 Å². The van der Waals surface area contributed by atoms with E-state index in [9.17, 15) is 14.0 Å². The molecule has 0 bridgehead atoms. The summed E-state index contributed by atoms with van der Waals surface area (Å²) in [6.07, 6.45) is 1.59. The predicted octanol–water partition coefficient (Wildman–Crippen LogP) is 4.11. The van der Waals surface area contributed by atoms with Gasteiger partial charge in [0.05, 0.1) is 16.7 Å². The second kappa shape index (κ2) is 8.37. The summed E-state index contributed by atoms with van der Waals surface area (Å²) >= 11 is 7.11. The number of fused-ring (bicyclic) bond motifs is 1. The number of carbonyl (C=O) groups is 1. The lowest BCUT2D eigenvalue weighted by molar-refractivity contribution is -0.113. The Morgan fingerprint density at radius 1 is 1.30 bits per heavy atom. The van der Waals surface area contributed by atoms with E-state index >= 15 is 0 Å². The van der Waals surface area contributed by atoms with Crippen LogP contribution in [0.2, 0.25) is 5.02 Å². The first-order chi connectivity index (χ1) is 13.0. The van der Waals surface area contributed by atoms with Gasteiger partial charge in [-0.25, -0.2) is 9.37 Å². The summed E-state index contributed by atoms with van der Waals surface area (Å²) in [5.74, 6) is -0.626. The third-order valence-corrected chi connectivity index (χ3v) is 4.86. The SMILES string of the molecule is C=CCn1c(SCC(=O)Nc2ccc(F)cc2)nc2ccc(Cl)cc2c1=O. The number of benzene rings is 2. The van der Waals surface area contributed by atoms with E-state index in [1.165, 1.54) is 28.8 Å². The van der Waals surface area contributed by atoms with E-state index in [-0.39, 0.29) is 29.6 Å². The number of carbonyl (C=O) groups excluding carboxylic acids is 1. The van der Waals surface area contributed by atoms with Crippen molar-refractivity contribution in [2.75, 3.05) is 11.1 Å². The fourth-order valence-corrected chi connectivity index (χ4v) is 3.41. The Balaban J connectivity index is 1.82. The molecule has 0 atom stereocenters. The lowest BCUT2D eigenvalue weighted by atomic mass is 10.2. The molecule has 0 saturated carbocycles. The number of nitrogens with one attached hydrogen (secondary N) is 1. The van der Waals surface area contributed by atoms with Gasteiger partial charge in [-0.05, 0) is 42.5 Å². The second-order valence-electron chi connectivity index (χ2n) is 5.60. The molecule has 1 heterocycles. The molecule has 1 aromatic heterocycles. The maximum absolute atomic E-state index is 12.9. The zero-order valence-electron chi connectivity index (χ0n) is 14.1. The molecule has 3 aromatic rings. The van der Waals surface area contributed by atoms with Gasteiger partial charge in [-0.1, -0.05) is 29.4 Å². The number of aromatic nitrogens is 2. The predicted molar refractivity (Wildman–Crippen MR) is 107 cm³/mol. The van der Waals surface area contributed by atoms with Crippen molar-refractivity contribution in [3.05, 3.63) is 76.3 Å². The fourth-order valence-electron chi connectivity index (χ4n) is 2.43. The van der Waals surface area contributed by atoms with E-state index in [0.29, 0.717) is 26.8 Å². The van der Waals surface area contributed by atoms with Gasteiger partial charge in [-0.2, -0.15) is 0 Å². The Morgan fingerprint density at radius 3 is 2.74 bits per heavy atom. The third-order valence-electron chi connectivity index (χ3n) is 3.65. The van der Waals surface area contributed by atoms with E-state index in [4.69, 9.17) is 11.6 Å². The van der Waals surface area contributed by atoms with Gasteiger partial charge in [0.15, 0.2) is 5.16 Å². The lowest BCUT2D eigenvalue weighted by Gasteiger charge is -2.11. The molecule has 0 unspecified atom stereocenters. The van der Waals surface area contributed by atoms with Crippen LogP contribution in [0.5, 0.6) is 0 Å². The van der Waals surface area contributed by atoms with E-state index in [0.717, 1.165) is 11.8 Å². The van der Waals surface area contributed by atoms with Gasteiger partial charge < -0.3 is 5.32 Å². The van der Waals surface area contributed by atoms with Crippen LogP contribution >= 0.6 is 23.4 Å². The van der Waals surface area contributed by atoms with Crippen molar-refractivity contribution in [1.29, 1.82) is 0 Å². The molecule has 1 N–H and O–H groups in total. The molecule has 0 aliphatic heterocycles. The van der Waals surface area contributed by atoms with Crippen LogP contribution in [0.25, 0.3) is 10.9 Å². The van der Waals surface area contributed by atoms with E-state index in [1.807, 2.05) is 0 Å². The summed E-state index contributed by atoms with van der Waals surface area (Å²) in [4.78, 5) is 29.4. The molecule has 0 fully saturated rings. The Hall–Kier alpha value is -2.64. The molecule has 2 aromatic carbocycles. The first-order valence-corrected chi connectivity index (χ1v) is 9.33. The maximum atomic E-state index is 12.9. The summed E-state index contributed by atoms with van der Waals surface area (Å²) in [7, 11) is 0. The summed E-state index contributed by atoms with van der Waals surface area (Å²) in [5.41, 5.74) is 0.751. The Labute approximate surface area is 163 Å². The van der Waals surface area contributed by atoms with Crippen molar-refractivity contribution in [2.45, 2.75) is 11.7 Å². The minimum Gasteiger partial charge on any atom is -0.325 e. The van der Waals surface area contributed by atoms with Crippen LogP contribution in [0, 0.1) is 5.82 Å². The van der Waals surface area contributed by atoms with Crippen LogP contribution in [0.1, 0.15) is 0 Å². The highest BCUT2D eigenvalue weighted by atomic mass is 35.5. The van der Waals surface area contributed by atoms with Crippen molar-refractivity contribution in [3.8, 4) is 0 Å². The second-order valence-corrected chi connectivity index (χ2v) is 6.98. The highest BCUT2D eigenvalue weighted by Gasteiger charge is 2.13. The standard InChI is InChI=1S/C19H15ClFN3O2S/c1-2-9-24-18(26)15-10-12(20)3-8-16(15)23-19(24)27-11-17(25)22-14-6-4-13(21)5-7-14/h2-8,10H,1,9,11H2,(H,22,25). The number of hydrogen-bond donors (Lipinski definition) is 1. The zero-order chi connectivity index (χ0) is 19.4. The molecule has 1 amide bonds. The topological polar surface area (TPSA) is 64.0 Å². The highest BCUT2D eigenvalue weighted by molar-refractivity contribution is 7.99. The number of hydrogen-bond acceptors (Lipinski definition) is 4. The van der Waals surface area contributed by atoms with Crippen LogP contribution < -0.4 is 10.9 Å². The zero-order valence-corrected chi connectivity index (χ0v) is 15.7. The average molecular weight is 404 g/mol. The Morgan fingerprint density at radius 2 is 2.04 bits per heavy atom. The molecule has 0 aliphatic rings. The van der Waals surface area contributed by atoms with Gasteiger partial charge in [0.25, 0.3) is 5.56 Å². The summed E-state index contributed by atoms with van der Waals surface area (Å²) in [6, 6.07) is 10.4. The van der Waals surface area contributed by atoms with Crippen molar-refractivity contribution in [2.24, 2.45) is 0 Å². The molecule has 27 heavy (non-hydrogen) atoms. The number of halogens is 2. The van der Waals surface area contributed by atoms with Gasteiger partial charge >= 0.3 is 0 Å². The molecular weight excluding hydrogens is 389 g/mol. The van der Waals surface area contributed by atoms with Crippen LogP contribution in [-0.4, -0.2) is 21.2 Å². The van der Waals surface area contributed by atoms with Crippen molar-refractivity contribution >= 4 is 45.9 Å². The quantitative estimate of drug-likeness (QED) is 0.382. The number of nitrogens with zero attached hydrogens (tertiary/aromatic N) is 2. The van der Waals surface area contributed by atoms with E-state index in [1.54, 1.807) is 24.3 Å². The first kappa shape index (κ1) is 19.1. The van der Waals surface area contributed by atoms with Gasteiger partial charge in [-0.3, -0.25) is 14.2 Å². The molecule has 5 nitrogen and oxygen atoms in total. The van der Waals surface area contributed by atoms with Crippen molar-refractivity contribution in [3.63, 3.8) is 0 Å². The molecular formula is C19H15ClFN3O2S. The summed E-state index contributed by atoms with van der Waals surface area (Å²) in [6.45, 7) is 3.92. The van der Waals surface area contributed by atoms with Gasteiger partial charge in [0, 0.05) is 17.3 Å². The number of amides is 1. The van der Waals surface area contributed by atoms with Crippen LogP contribution in [0.4, 0.5) is 10.1 Å². The van der Waals surface area contributed by atoms with Crippen molar-refractivity contribution < 1.29 is 9.18 Å². The third kappa shape index (κ3) is 4.56. The Kier molecular flexibility index (Phi) is 5.93. The largest absolute Gasteiger partial charge is 0.325 e. The molecule has 0 saturated heterocycles. The molecule has 3 rings (SSSR count). The smallest absolute Gasteiger partial charge is 0.262 e. The number of allylic oxidation sites excluding steroid dienone is 1. The first-order valence-electron chi connectivity index (χ1n) is 7.97. The summed E-state index contributed by atoms with van der Waals surface area (Å²) < 4.78 is 14.4. The minimum atomic E-state index is -0.378. The number of thioether (sulfide) groups is 1. The van der Waals surface area contributed by atoms with E-state index < -0.39 is 0 Å².